The zero-order valence-corrected chi connectivity index (χ0v) is 9.83. The molecule has 0 amide bonds. The van der Waals surface area contributed by atoms with Crippen LogP contribution >= 0.6 is 0 Å². The largest absolute Gasteiger partial charge is 0.460 e. The Bertz CT molecular complexity index is 533. The molecule has 0 aliphatic rings. The fourth-order valence-corrected chi connectivity index (χ4v) is 1.31. The average molecular weight is 251 g/mol. The lowest BCUT2D eigenvalue weighted by molar-refractivity contribution is 0.0512. The van der Waals surface area contributed by atoms with Gasteiger partial charge in [-0.05, 0) is 6.92 Å². The molecule has 0 atom stereocenters. The summed E-state index contributed by atoms with van der Waals surface area (Å²) in [4.78, 5) is 15.4. The molecule has 18 heavy (non-hydrogen) atoms. The number of hydrogen-bond donors (Lipinski definition) is 2. The molecule has 0 saturated carbocycles. The number of aromatic amines is 1. The first-order valence-corrected chi connectivity index (χ1v) is 5.44. The maximum Gasteiger partial charge on any atom is 0.375 e. The minimum atomic E-state index is -0.550. The summed E-state index contributed by atoms with van der Waals surface area (Å²) in [5.41, 5.74) is 5.87. The van der Waals surface area contributed by atoms with Gasteiger partial charge in [0, 0.05) is 6.54 Å². The number of nitrogens with two attached hydrogens (primary N) is 1. The van der Waals surface area contributed by atoms with Crippen LogP contribution in [0, 0.1) is 0 Å². The van der Waals surface area contributed by atoms with Crippen LogP contribution in [0.4, 0.5) is 0 Å². The molecule has 0 aliphatic heterocycles. The first-order valence-electron chi connectivity index (χ1n) is 5.44. The normalized spacial score (nSPS) is 10.6. The second kappa shape index (κ2) is 5.36. The van der Waals surface area contributed by atoms with E-state index in [2.05, 4.69) is 25.5 Å². The van der Waals surface area contributed by atoms with Gasteiger partial charge in [0.05, 0.1) is 19.3 Å². The highest BCUT2D eigenvalue weighted by Crippen LogP contribution is 2.10. The van der Waals surface area contributed by atoms with E-state index < -0.39 is 5.97 Å². The van der Waals surface area contributed by atoms with Crippen molar-refractivity contribution in [3.8, 4) is 11.5 Å². The maximum atomic E-state index is 11.4. The van der Waals surface area contributed by atoms with Gasteiger partial charge in [-0.3, -0.25) is 9.78 Å². The second-order valence-electron chi connectivity index (χ2n) is 3.38. The Morgan fingerprint density at radius 1 is 1.61 bits per heavy atom. The van der Waals surface area contributed by atoms with Gasteiger partial charge < -0.3 is 10.5 Å². The summed E-state index contributed by atoms with van der Waals surface area (Å²) in [6, 6.07) is 0. The Kier molecular flexibility index (Phi) is 3.63. The number of carbonyl (C=O) groups is 1. The molecule has 0 unspecified atom stereocenters. The molecule has 0 saturated heterocycles. The molecule has 2 aromatic rings. The number of nitrogens with zero attached hydrogens (tertiary/aromatic N) is 5. The predicted octanol–water partition coefficient (Wildman–Crippen LogP) is -0.801. The van der Waals surface area contributed by atoms with Gasteiger partial charge in [0.2, 0.25) is 11.6 Å². The Balaban J connectivity index is 2.15. The quantitative estimate of drug-likeness (QED) is 0.666. The van der Waals surface area contributed by atoms with Crippen molar-refractivity contribution in [2.24, 2.45) is 5.73 Å². The van der Waals surface area contributed by atoms with Crippen LogP contribution in [0.1, 0.15) is 17.5 Å². The van der Waals surface area contributed by atoms with Crippen LogP contribution in [0.25, 0.3) is 11.5 Å². The smallest absolute Gasteiger partial charge is 0.375 e. The maximum absolute atomic E-state index is 11.4. The van der Waals surface area contributed by atoms with Gasteiger partial charge in [-0.25, -0.2) is 4.79 Å². The number of esters is 1. The van der Waals surface area contributed by atoms with E-state index in [1.807, 2.05) is 0 Å². The van der Waals surface area contributed by atoms with Crippen molar-refractivity contribution in [3.05, 3.63) is 12.0 Å². The topological polar surface area (TPSA) is 125 Å². The van der Waals surface area contributed by atoms with Crippen LogP contribution in [0.2, 0.25) is 0 Å². The number of rotatable bonds is 5. The van der Waals surface area contributed by atoms with Crippen molar-refractivity contribution < 1.29 is 9.53 Å². The molecule has 9 nitrogen and oxygen atoms in total. The minimum Gasteiger partial charge on any atom is -0.460 e. The third-order valence-electron chi connectivity index (χ3n) is 2.08. The molecular formula is C9H13N7O2. The zero-order valence-electron chi connectivity index (χ0n) is 9.83. The molecule has 0 spiro atoms. The number of H-pyrrole nitrogens is 1. The van der Waals surface area contributed by atoms with Crippen LogP contribution < -0.4 is 5.73 Å². The van der Waals surface area contributed by atoms with E-state index in [0.717, 1.165) is 0 Å². The van der Waals surface area contributed by atoms with Crippen molar-refractivity contribution in [2.45, 2.75) is 13.5 Å². The predicted molar refractivity (Wildman–Crippen MR) is 60.4 cm³/mol. The van der Waals surface area contributed by atoms with Crippen molar-refractivity contribution in [3.63, 3.8) is 0 Å². The summed E-state index contributed by atoms with van der Waals surface area (Å²) in [6.07, 6.45) is 1.66. The number of hydrogen-bond acceptors (Lipinski definition) is 7. The molecule has 3 N–H and O–H groups in total. The van der Waals surface area contributed by atoms with Crippen LogP contribution in [-0.4, -0.2) is 49.3 Å². The standard InChI is InChI=1S/C9H13N7O2/c1-2-18-9(17)8-11-7(13-14-8)6-5-16(4-3-10)15-12-6/h5H,2-4,10H2,1H3,(H,11,13,14). The zero-order chi connectivity index (χ0) is 13.0. The summed E-state index contributed by atoms with van der Waals surface area (Å²) >= 11 is 0. The van der Waals surface area contributed by atoms with Gasteiger partial charge in [0.15, 0.2) is 5.69 Å². The highest BCUT2D eigenvalue weighted by molar-refractivity contribution is 5.85. The van der Waals surface area contributed by atoms with E-state index in [-0.39, 0.29) is 12.4 Å². The van der Waals surface area contributed by atoms with E-state index in [4.69, 9.17) is 10.5 Å². The van der Waals surface area contributed by atoms with E-state index in [1.165, 1.54) is 0 Å². The Labute approximate surface area is 102 Å². The second-order valence-corrected chi connectivity index (χ2v) is 3.38. The lowest BCUT2D eigenvalue weighted by Gasteiger charge is -1.94. The monoisotopic (exact) mass is 251 g/mol. The van der Waals surface area contributed by atoms with Crippen LogP contribution in [0.3, 0.4) is 0 Å². The molecule has 2 heterocycles. The number of aromatic nitrogens is 6. The highest BCUT2D eigenvalue weighted by Gasteiger charge is 2.15. The molecule has 0 bridgehead atoms. The summed E-state index contributed by atoms with van der Waals surface area (Å²) in [7, 11) is 0. The molecule has 2 aromatic heterocycles. The molecule has 0 fully saturated rings. The molecular weight excluding hydrogens is 238 g/mol. The van der Waals surface area contributed by atoms with Gasteiger partial charge >= 0.3 is 5.97 Å². The Hall–Kier alpha value is -2.29. The first-order chi connectivity index (χ1) is 8.74. The van der Waals surface area contributed by atoms with Gasteiger partial charge in [0.25, 0.3) is 0 Å². The van der Waals surface area contributed by atoms with E-state index in [0.29, 0.717) is 24.6 Å². The molecule has 2 rings (SSSR count). The summed E-state index contributed by atoms with van der Waals surface area (Å²) in [5.74, 6) is -0.216. The fourth-order valence-electron chi connectivity index (χ4n) is 1.31. The molecule has 0 radical (unpaired) electrons. The Morgan fingerprint density at radius 3 is 3.17 bits per heavy atom. The fraction of sp³-hybridized carbons (Fsp3) is 0.444. The van der Waals surface area contributed by atoms with Crippen LogP contribution in [0.5, 0.6) is 0 Å². The van der Waals surface area contributed by atoms with Gasteiger partial charge in [-0.2, -0.15) is 10.1 Å². The van der Waals surface area contributed by atoms with E-state index in [9.17, 15) is 4.79 Å². The third-order valence-corrected chi connectivity index (χ3v) is 2.08. The number of carbonyl (C=O) groups excluding carboxylic acids is 1. The number of nitrogens with one attached hydrogen (secondary N) is 1. The lowest BCUT2D eigenvalue weighted by atomic mass is 10.4. The van der Waals surface area contributed by atoms with E-state index >= 15 is 0 Å². The third kappa shape index (κ3) is 2.51. The Morgan fingerprint density at radius 2 is 2.44 bits per heavy atom. The van der Waals surface area contributed by atoms with Crippen molar-refractivity contribution in [1.82, 2.24) is 30.2 Å². The van der Waals surface area contributed by atoms with Crippen molar-refractivity contribution in [2.75, 3.05) is 13.2 Å². The highest BCUT2D eigenvalue weighted by atomic mass is 16.5. The summed E-state index contributed by atoms with van der Waals surface area (Å²) < 4.78 is 6.37. The molecule has 9 heteroatoms. The van der Waals surface area contributed by atoms with Crippen LogP contribution in [-0.2, 0) is 11.3 Å². The lowest BCUT2D eigenvalue weighted by Crippen LogP contribution is -2.10. The van der Waals surface area contributed by atoms with Gasteiger partial charge in [-0.1, -0.05) is 5.21 Å². The van der Waals surface area contributed by atoms with Crippen molar-refractivity contribution >= 4 is 5.97 Å². The molecule has 0 aromatic carbocycles. The summed E-state index contributed by atoms with van der Waals surface area (Å²) in [5, 5.41) is 14.1. The van der Waals surface area contributed by atoms with Gasteiger partial charge in [-0.15, -0.1) is 5.10 Å². The number of ether oxygens (including phenoxy) is 1. The SMILES string of the molecule is CCOC(=O)c1nc(-c2cn(CCN)nn2)n[nH]1. The average Bonchev–Trinajstić information content (AvgIpc) is 2.97. The van der Waals surface area contributed by atoms with E-state index in [1.54, 1.807) is 17.8 Å². The van der Waals surface area contributed by atoms with Gasteiger partial charge in [0.1, 0.15) is 0 Å². The van der Waals surface area contributed by atoms with Crippen LogP contribution in [0.15, 0.2) is 6.20 Å². The van der Waals surface area contributed by atoms with Crippen molar-refractivity contribution in [1.29, 1.82) is 0 Å². The first kappa shape index (κ1) is 12.2. The summed E-state index contributed by atoms with van der Waals surface area (Å²) in [6.45, 7) is 3.02. The minimum absolute atomic E-state index is 0.0419. The molecule has 96 valence electrons. The molecule has 0 aliphatic carbocycles.